The number of thiazole rings is 1. The summed E-state index contributed by atoms with van der Waals surface area (Å²) in [7, 11) is 1.98. The molecule has 1 aromatic carbocycles. The minimum Gasteiger partial charge on any atom is -0.375 e. The average molecular weight is 327 g/mol. The van der Waals surface area contributed by atoms with E-state index >= 15 is 0 Å². The molecule has 3 rings (SSSR count). The number of carbonyl (C=O) groups excluding carboxylic acids is 1. The molecule has 0 aliphatic heterocycles. The van der Waals surface area contributed by atoms with Gasteiger partial charge in [-0.3, -0.25) is 4.79 Å². The van der Waals surface area contributed by atoms with Crippen molar-refractivity contribution < 1.29 is 4.79 Å². The zero-order chi connectivity index (χ0) is 16.4. The van der Waals surface area contributed by atoms with Gasteiger partial charge in [0.1, 0.15) is 4.88 Å². The minimum absolute atomic E-state index is 0.285. The van der Waals surface area contributed by atoms with E-state index in [-0.39, 0.29) is 5.91 Å². The molecule has 0 saturated carbocycles. The van der Waals surface area contributed by atoms with Gasteiger partial charge in [0, 0.05) is 29.7 Å². The molecule has 0 atom stereocenters. The Labute approximate surface area is 137 Å². The lowest BCUT2D eigenvalue weighted by Gasteiger charge is -1.98. The normalized spacial score (nSPS) is 11.4. The van der Waals surface area contributed by atoms with Gasteiger partial charge in [-0.2, -0.15) is 5.10 Å². The van der Waals surface area contributed by atoms with Crippen molar-refractivity contribution in [2.45, 2.75) is 13.3 Å². The van der Waals surface area contributed by atoms with E-state index in [0.29, 0.717) is 22.1 Å². The molecule has 0 unspecified atom stereocenters. The lowest BCUT2D eigenvalue weighted by atomic mass is 10.2. The van der Waals surface area contributed by atoms with Crippen molar-refractivity contribution >= 4 is 39.5 Å². The van der Waals surface area contributed by atoms with Gasteiger partial charge in [0.25, 0.3) is 5.91 Å². The second-order valence-electron chi connectivity index (χ2n) is 5.09. The molecule has 7 heteroatoms. The fourth-order valence-electron chi connectivity index (χ4n) is 2.47. The monoisotopic (exact) mass is 327 g/mol. The Morgan fingerprint density at radius 3 is 3.04 bits per heavy atom. The highest BCUT2D eigenvalue weighted by Crippen LogP contribution is 2.21. The van der Waals surface area contributed by atoms with Gasteiger partial charge < -0.3 is 10.3 Å². The average Bonchev–Trinajstić information content (AvgIpc) is 3.08. The Bertz CT molecular complexity index is 893. The number of hydrogen-bond acceptors (Lipinski definition) is 5. The molecule has 0 radical (unpaired) electrons. The molecule has 23 heavy (non-hydrogen) atoms. The number of benzene rings is 1. The number of hydrogen-bond donors (Lipinski definition) is 2. The van der Waals surface area contributed by atoms with Gasteiger partial charge in [0.05, 0.1) is 11.9 Å². The summed E-state index contributed by atoms with van der Waals surface area (Å²) in [5, 5.41) is 5.55. The second-order valence-corrected chi connectivity index (χ2v) is 6.12. The Balaban J connectivity index is 1.79. The quantitative estimate of drug-likeness (QED) is 0.570. The van der Waals surface area contributed by atoms with Crippen molar-refractivity contribution in [1.29, 1.82) is 0 Å². The predicted molar refractivity (Wildman–Crippen MR) is 93.9 cm³/mol. The molecule has 0 aliphatic rings. The van der Waals surface area contributed by atoms with Crippen LogP contribution >= 0.6 is 11.3 Å². The fraction of sp³-hybridized carbons (Fsp3) is 0.188. The van der Waals surface area contributed by atoms with E-state index in [1.54, 1.807) is 6.21 Å². The zero-order valence-electron chi connectivity index (χ0n) is 12.9. The lowest BCUT2D eigenvalue weighted by molar-refractivity contribution is 0.0958. The molecular weight excluding hydrogens is 310 g/mol. The molecule has 2 heterocycles. The van der Waals surface area contributed by atoms with E-state index in [2.05, 4.69) is 15.5 Å². The van der Waals surface area contributed by atoms with Crippen molar-refractivity contribution in [2.75, 3.05) is 5.73 Å². The van der Waals surface area contributed by atoms with Crippen molar-refractivity contribution in [1.82, 2.24) is 15.0 Å². The molecule has 3 N–H and O–H groups in total. The summed E-state index contributed by atoms with van der Waals surface area (Å²) in [6, 6.07) is 8.04. The Hall–Kier alpha value is -2.67. The Morgan fingerprint density at radius 2 is 2.26 bits per heavy atom. The standard InChI is InChI=1S/C16H17N5OS/c1-3-12-14(23-16(17)19-12)15(22)20-18-8-10-9-21(2)13-7-5-4-6-11(10)13/h4-9H,3H2,1-2H3,(H2,17,19)(H,20,22)/b18-8-. The van der Waals surface area contributed by atoms with Crippen LogP contribution in [0.25, 0.3) is 10.9 Å². The third-order valence-electron chi connectivity index (χ3n) is 3.55. The molecule has 3 aromatic rings. The first-order valence-corrected chi connectivity index (χ1v) is 8.04. The fourth-order valence-corrected chi connectivity index (χ4v) is 3.29. The van der Waals surface area contributed by atoms with E-state index in [9.17, 15) is 4.79 Å². The summed E-state index contributed by atoms with van der Waals surface area (Å²) in [6.07, 6.45) is 4.28. The maximum atomic E-state index is 12.2. The summed E-state index contributed by atoms with van der Waals surface area (Å²) < 4.78 is 2.03. The van der Waals surface area contributed by atoms with Crippen LogP contribution in [0.3, 0.4) is 0 Å². The molecule has 0 bridgehead atoms. The number of rotatable bonds is 4. The molecule has 118 valence electrons. The number of aryl methyl sites for hydroxylation is 2. The Kier molecular flexibility index (Phi) is 4.12. The number of carbonyl (C=O) groups is 1. The SMILES string of the molecule is CCc1nc(N)sc1C(=O)N/N=C\c1cn(C)c2ccccc12. The summed E-state index contributed by atoms with van der Waals surface area (Å²) in [6.45, 7) is 1.94. The van der Waals surface area contributed by atoms with Gasteiger partial charge in [-0.25, -0.2) is 10.4 Å². The van der Waals surface area contributed by atoms with Crippen LogP contribution in [0.5, 0.6) is 0 Å². The van der Waals surface area contributed by atoms with E-state index in [1.165, 1.54) is 11.3 Å². The van der Waals surface area contributed by atoms with E-state index in [0.717, 1.165) is 16.5 Å². The van der Waals surface area contributed by atoms with Gasteiger partial charge in [-0.15, -0.1) is 0 Å². The van der Waals surface area contributed by atoms with Gasteiger partial charge in [-0.1, -0.05) is 36.5 Å². The van der Waals surface area contributed by atoms with Crippen LogP contribution in [0, 0.1) is 0 Å². The topological polar surface area (TPSA) is 85.3 Å². The Morgan fingerprint density at radius 1 is 1.48 bits per heavy atom. The number of nitrogens with two attached hydrogens (primary N) is 1. The number of para-hydroxylation sites is 1. The van der Waals surface area contributed by atoms with Crippen molar-refractivity contribution in [3.63, 3.8) is 0 Å². The zero-order valence-corrected chi connectivity index (χ0v) is 13.7. The van der Waals surface area contributed by atoms with E-state index in [4.69, 9.17) is 5.73 Å². The molecule has 6 nitrogen and oxygen atoms in total. The number of hydrazone groups is 1. The number of nitrogens with zero attached hydrogens (tertiary/aromatic N) is 3. The number of nitrogen functional groups attached to an aromatic ring is 1. The summed E-state index contributed by atoms with van der Waals surface area (Å²) in [5.41, 5.74) is 11.0. The molecule has 0 aliphatic carbocycles. The predicted octanol–water partition coefficient (Wildman–Crippen LogP) is 2.54. The van der Waals surface area contributed by atoms with Gasteiger partial charge in [-0.05, 0) is 12.5 Å². The molecule has 0 spiro atoms. The summed E-state index contributed by atoms with van der Waals surface area (Å²) >= 11 is 1.18. The lowest BCUT2D eigenvalue weighted by Crippen LogP contribution is -2.17. The third-order valence-corrected chi connectivity index (χ3v) is 4.48. The van der Waals surface area contributed by atoms with Gasteiger partial charge in [0.2, 0.25) is 0 Å². The van der Waals surface area contributed by atoms with Crippen LogP contribution in [0.15, 0.2) is 35.6 Å². The first-order valence-electron chi connectivity index (χ1n) is 7.22. The molecule has 0 fully saturated rings. The molecule has 2 aromatic heterocycles. The van der Waals surface area contributed by atoms with Crippen LogP contribution < -0.4 is 11.2 Å². The minimum atomic E-state index is -0.285. The number of anilines is 1. The largest absolute Gasteiger partial charge is 0.375 e. The number of fused-ring (bicyclic) bond motifs is 1. The van der Waals surface area contributed by atoms with E-state index in [1.807, 2.05) is 49.0 Å². The first-order chi connectivity index (χ1) is 11.1. The number of amides is 1. The van der Waals surface area contributed by atoms with E-state index < -0.39 is 0 Å². The highest BCUT2D eigenvalue weighted by molar-refractivity contribution is 7.17. The van der Waals surface area contributed by atoms with Gasteiger partial charge >= 0.3 is 0 Å². The number of nitrogens with one attached hydrogen (secondary N) is 1. The maximum Gasteiger partial charge on any atom is 0.283 e. The molecule has 1 amide bonds. The van der Waals surface area contributed by atoms with Crippen LogP contribution in [0.2, 0.25) is 0 Å². The highest BCUT2D eigenvalue weighted by Gasteiger charge is 2.15. The smallest absolute Gasteiger partial charge is 0.283 e. The van der Waals surface area contributed by atoms with Gasteiger partial charge in [0.15, 0.2) is 5.13 Å². The second kappa shape index (κ2) is 6.21. The highest BCUT2D eigenvalue weighted by atomic mass is 32.1. The number of aromatic nitrogens is 2. The summed E-state index contributed by atoms with van der Waals surface area (Å²) in [5.74, 6) is -0.285. The first kappa shape index (κ1) is 15.2. The van der Waals surface area contributed by atoms with Crippen LogP contribution in [0.4, 0.5) is 5.13 Å². The van der Waals surface area contributed by atoms with Crippen LogP contribution in [-0.2, 0) is 13.5 Å². The molecular formula is C16H17N5OS. The van der Waals surface area contributed by atoms with Crippen LogP contribution in [-0.4, -0.2) is 21.7 Å². The maximum absolute atomic E-state index is 12.2. The van der Waals surface area contributed by atoms with Crippen molar-refractivity contribution in [3.8, 4) is 0 Å². The van der Waals surface area contributed by atoms with Crippen LogP contribution in [0.1, 0.15) is 27.9 Å². The third kappa shape index (κ3) is 2.95. The summed E-state index contributed by atoms with van der Waals surface area (Å²) in [4.78, 5) is 16.8. The molecule has 0 saturated heterocycles. The van der Waals surface area contributed by atoms with Crippen molar-refractivity contribution in [2.24, 2.45) is 12.1 Å². The van der Waals surface area contributed by atoms with Crippen molar-refractivity contribution in [3.05, 3.63) is 46.6 Å².